The summed E-state index contributed by atoms with van der Waals surface area (Å²) < 4.78 is 5.57. The van der Waals surface area contributed by atoms with Crippen molar-refractivity contribution in [3.8, 4) is 5.75 Å². The molecule has 0 bridgehead atoms. The maximum absolute atomic E-state index is 11.1. The molecule has 2 aromatic carbocycles. The van der Waals surface area contributed by atoms with Crippen molar-refractivity contribution in [3.05, 3.63) is 58.6 Å². The van der Waals surface area contributed by atoms with E-state index in [0.717, 1.165) is 5.56 Å². The smallest absolute Gasteiger partial charge is 0.248 e. The van der Waals surface area contributed by atoms with Gasteiger partial charge >= 0.3 is 0 Å². The zero-order valence-electron chi connectivity index (χ0n) is 10.1. The van der Waals surface area contributed by atoms with Gasteiger partial charge in [0.15, 0.2) is 0 Å². The van der Waals surface area contributed by atoms with E-state index in [1.54, 1.807) is 36.4 Å². The van der Waals surface area contributed by atoms with Crippen molar-refractivity contribution < 1.29 is 9.53 Å². The topological polar surface area (TPSA) is 78.3 Å². The molecule has 0 aliphatic heterocycles. The summed E-state index contributed by atoms with van der Waals surface area (Å²) in [5, 5.41) is 0.450. The lowest BCUT2D eigenvalue weighted by Crippen LogP contribution is -2.11. The third-order valence-corrected chi connectivity index (χ3v) is 2.86. The van der Waals surface area contributed by atoms with E-state index in [0.29, 0.717) is 28.6 Å². The number of ether oxygens (including phenoxy) is 1. The third kappa shape index (κ3) is 3.39. The predicted octanol–water partition coefficient (Wildman–Crippen LogP) is 2.60. The first-order chi connectivity index (χ1) is 9.06. The molecule has 0 aliphatic rings. The zero-order valence-corrected chi connectivity index (χ0v) is 10.9. The number of hydrogen-bond acceptors (Lipinski definition) is 3. The van der Waals surface area contributed by atoms with Gasteiger partial charge in [-0.2, -0.15) is 0 Å². The first-order valence-corrected chi connectivity index (χ1v) is 6.00. The van der Waals surface area contributed by atoms with Crippen molar-refractivity contribution in [1.29, 1.82) is 0 Å². The maximum atomic E-state index is 11.1. The molecule has 0 saturated carbocycles. The molecule has 0 saturated heterocycles. The summed E-state index contributed by atoms with van der Waals surface area (Å²) in [6.45, 7) is 0.296. The Morgan fingerprint density at radius 3 is 2.68 bits per heavy atom. The van der Waals surface area contributed by atoms with Crippen LogP contribution in [0, 0.1) is 0 Å². The summed E-state index contributed by atoms with van der Waals surface area (Å²) in [5.74, 6) is 0.0766. The van der Waals surface area contributed by atoms with Crippen LogP contribution in [0.4, 0.5) is 5.69 Å². The van der Waals surface area contributed by atoms with Crippen molar-refractivity contribution in [3.63, 3.8) is 0 Å². The Hall–Kier alpha value is -2.20. The zero-order chi connectivity index (χ0) is 13.8. The van der Waals surface area contributed by atoms with Gasteiger partial charge in [-0.15, -0.1) is 0 Å². The molecule has 2 aromatic rings. The number of carbonyl (C=O) groups is 1. The second-order valence-electron chi connectivity index (χ2n) is 4.04. The van der Waals surface area contributed by atoms with Crippen LogP contribution in [-0.2, 0) is 6.61 Å². The molecule has 0 atom stereocenters. The summed E-state index contributed by atoms with van der Waals surface area (Å²) in [5.41, 5.74) is 12.7. The number of nitrogens with two attached hydrogens (primary N) is 2. The first-order valence-electron chi connectivity index (χ1n) is 5.63. The standard InChI is InChI=1S/C14H13ClN2O2/c15-12-7-11(16)4-5-13(12)19-8-9-2-1-3-10(6-9)14(17)18/h1-7H,8,16H2,(H2,17,18). The molecule has 0 radical (unpaired) electrons. The van der Waals surface area contributed by atoms with E-state index in [2.05, 4.69) is 0 Å². The van der Waals surface area contributed by atoms with Crippen LogP contribution in [0.2, 0.25) is 5.02 Å². The molecule has 4 nitrogen and oxygen atoms in total. The second kappa shape index (κ2) is 5.63. The average Bonchev–Trinajstić information content (AvgIpc) is 2.38. The Morgan fingerprint density at radius 1 is 1.21 bits per heavy atom. The quantitative estimate of drug-likeness (QED) is 0.843. The summed E-state index contributed by atoms with van der Waals surface area (Å²) in [6, 6.07) is 12.0. The summed E-state index contributed by atoms with van der Waals surface area (Å²) in [6.07, 6.45) is 0. The lowest BCUT2D eigenvalue weighted by atomic mass is 10.1. The van der Waals surface area contributed by atoms with Crippen LogP contribution >= 0.6 is 11.6 Å². The Kier molecular flexibility index (Phi) is 3.92. The molecule has 1 amide bonds. The maximum Gasteiger partial charge on any atom is 0.248 e. The highest BCUT2D eigenvalue weighted by molar-refractivity contribution is 6.32. The molecule has 19 heavy (non-hydrogen) atoms. The van der Waals surface area contributed by atoms with Crippen LogP contribution in [0.15, 0.2) is 42.5 Å². The molecule has 4 N–H and O–H groups in total. The number of hydrogen-bond donors (Lipinski definition) is 2. The van der Waals surface area contributed by atoms with E-state index in [-0.39, 0.29) is 0 Å². The summed E-state index contributed by atoms with van der Waals surface area (Å²) in [7, 11) is 0. The Labute approximate surface area is 115 Å². The lowest BCUT2D eigenvalue weighted by molar-refractivity contribution is 0.1000. The fourth-order valence-electron chi connectivity index (χ4n) is 1.61. The summed E-state index contributed by atoms with van der Waals surface area (Å²) >= 11 is 6.00. The average molecular weight is 277 g/mol. The van der Waals surface area contributed by atoms with Gasteiger partial charge < -0.3 is 16.2 Å². The molecule has 0 spiro atoms. The summed E-state index contributed by atoms with van der Waals surface area (Å²) in [4.78, 5) is 11.1. The number of halogens is 1. The molecule has 0 heterocycles. The molecule has 0 unspecified atom stereocenters. The molecule has 98 valence electrons. The second-order valence-corrected chi connectivity index (χ2v) is 4.45. The number of rotatable bonds is 4. The highest BCUT2D eigenvalue weighted by atomic mass is 35.5. The number of benzene rings is 2. The van der Waals surface area contributed by atoms with Crippen LogP contribution in [-0.4, -0.2) is 5.91 Å². The molecule has 2 rings (SSSR count). The number of carbonyl (C=O) groups excluding carboxylic acids is 1. The van der Waals surface area contributed by atoms with Gasteiger partial charge in [-0.3, -0.25) is 4.79 Å². The molecule has 0 fully saturated rings. The minimum Gasteiger partial charge on any atom is -0.487 e. The highest BCUT2D eigenvalue weighted by Gasteiger charge is 2.04. The van der Waals surface area contributed by atoms with E-state index in [1.165, 1.54) is 0 Å². The van der Waals surface area contributed by atoms with Gasteiger partial charge in [0.25, 0.3) is 0 Å². The van der Waals surface area contributed by atoms with Gasteiger partial charge in [0, 0.05) is 11.3 Å². The Bertz CT molecular complexity index is 614. The molecular weight excluding hydrogens is 264 g/mol. The van der Waals surface area contributed by atoms with Gasteiger partial charge in [0.05, 0.1) is 5.02 Å². The monoisotopic (exact) mass is 276 g/mol. The van der Waals surface area contributed by atoms with Crippen molar-refractivity contribution in [2.75, 3.05) is 5.73 Å². The molecular formula is C14H13ClN2O2. The van der Waals surface area contributed by atoms with Crippen molar-refractivity contribution in [1.82, 2.24) is 0 Å². The van der Waals surface area contributed by atoms with Crippen molar-refractivity contribution >= 4 is 23.2 Å². The minimum atomic E-state index is -0.465. The third-order valence-electron chi connectivity index (χ3n) is 2.56. The molecule has 0 aliphatic carbocycles. The molecule has 5 heteroatoms. The van der Waals surface area contributed by atoms with Crippen molar-refractivity contribution in [2.45, 2.75) is 6.61 Å². The Balaban J connectivity index is 2.10. The minimum absolute atomic E-state index is 0.296. The number of primary amides is 1. The first kappa shape index (κ1) is 13.2. The van der Waals surface area contributed by atoms with E-state index in [4.69, 9.17) is 27.8 Å². The van der Waals surface area contributed by atoms with Crippen LogP contribution in [0.1, 0.15) is 15.9 Å². The van der Waals surface area contributed by atoms with Gasteiger partial charge in [-0.25, -0.2) is 0 Å². The molecule has 0 aromatic heterocycles. The highest BCUT2D eigenvalue weighted by Crippen LogP contribution is 2.27. The van der Waals surface area contributed by atoms with Gasteiger partial charge in [-0.1, -0.05) is 23.7 Å². The number of anilines is 1. The Morgan fingerprint density at radius 2 is 2.00 bits per heavy atom. The normalized spacial score (nSPS) is 10.2. The van der Waals surface area contributed by atoms with E-state index in [1.807, 2.05) is 6.07 Å². The van der Waals surface area contributed by atoms with Crippen LogP contribution in [0.5, 0.6) is 5.75 Å². The predicted molar refractivity (Wildman–Crippen MR) is 75.2 cm³/mol. The fourth-order valence-corrected chi connectivity index (χ4v) is 1.85. The van der Waals surface area contributed by atoms with Gasteiger partial charge in [-0.05, 0) is 35.9 Å². The van der Waals surface area contributed by atoms with E-state index in [9.17, 15) is 4.79 Å². The largest absolute Gasteiger partial charge is 0.487 e. The van der Waals surface area contributed by atoms with Gasteiger partial charge in [0.1, 0.15) is 12.4 Å². The SMILES string of the molecule is NC(=O)c1cccc(COc2ccc(N)cc2Cl)c1. The number of amides is 1. The van der Waals surface area contributed by atoms with E-state index < -0.39 is 5.91 Å². The fraction of sp³-hybridized carbons (Fsp3) is 0.0714. The number of nitrogen functional groups attached to an aromatic ring is 1. The lowest BCUT2D eigenvalue weighted by Gasteiger charge is -2.09. The van der Waals surface area contributed by atoms with Crippen LogP contribution in [0.25, 0.3) is 0 Å². The van der Waals surface area contributed by atoms with E-state index >= 15 is 0 Å². The van der Waals surface area contributed by atoms with Crippen LogP contribution in [0.3, 0.4) is 0 Å². The van der Waals surface area contributed by atoms with Crippen LogP contribution < -0.4 is 16.2 Å². The van der Waals surface area contributed by atoms with Crippen molar-refractivity contribution in [2.24, 2.45) is 5.73 Å². The van der Waals surface area contributed by atoms with Gasteiger partial charge in [0.2, 0.25) is 5.91 Å².